The monoisotopic (exact) mass is 206 g/mol. The quantitative estimate of drug-likeness (QED) is 0.746. The number of rotatable bonds is 2. The zero-order valence-corrected chi connectivity index (χ0v) is 7.41. The van der Waals surface area contributed by atoms with Gasteiger partial charge in [-0.1, -0.05) is 6.58 Å². The summed E-state index contributed by atoms with van der Waals surface area (Å²) in [6.45, 7) is 2.80. The molecule has 0 aromatic carbocycles. The van der Waals surface area contributed by atoms with E-state index >= 15 is 0 Å². The first kappa shape index (κ1) is 10.8. The summed E-state index contributed by atoms with van der Waals surface area (Å²) in [6, 6.07) is 0. The van der Waals surface area contributed by atoms with E-state index in [1.807, 2.05) is 0 Å². The van der Waals surface area contributed by atoms with E-state index in [4.69, 9.17) is 0 Å². The van der Waals surface area contributed by atoms with Crippen molar-refractivity contribution in [2.45, 2.75) is 12.3 Å². The maximum absolute atomic E-state index is 12.1. The second kappa shape index (κ2) is 3.45. The molecule has 0 amide bonds. The number of hydrogen-bond donors (Lipinski definition) is 1. The number of aromatic nitrogens is 2. The molecule has 0 spiro atoms. The zero-order chi connectivity index (χ0) is 10.9. The summed E-state index contributed by atoms with van der Waals surface area (Å²) in [5, 5.41) is 12.9. The first-order valence-electron chi connectivity index (χ1n) is 3.75. The summed E-state index contributed by atoms with van der Waals surface area (Å²) in [5.41, 5.74) is -1.11. The van der Waals surface area contributed by atoms with Crippen LogP contribution in [0, 0.1) is 0 Å². The van der Waals surface area contributed by atoms with Crippen molar-refractivity contribution < 1.29 is 18.3 Å². The minimum atomic E-state index is -4.59. The third-order valence-electron chi connectivity index (χ3n) is 1.73. The van der Waals surface area contributed by atoms with Gasteiger partial charge in [-0.3, -0.25) is 4.68 Å². The van der Waals surface area contributed by atoms with Gasteiger partial charge in [-0.05, 0) is 0 Å². The molecule has 0 saturated carbocycles. The zero-order valence-electron chi connectivity index (χ0n) is 7.41. The highest BCUT2D eigenvalue weighted by molar-refractivity contribution is 5.22. The van der Waals surface area contributed by atoms with Crippen LogP contribution in [0.25, 0.3) is 0 Å². The molecule has 0 aliphatic heterocycles. The van der Waals surface area contributed by atoms with Crippen molar-refractivity contribution in [2.75, 3.05) is 0 Å². The molecule has 1 atom stereocenters. The number of aliphatic hydroxyl groups excluding tert-OH is 1. The van der Waals surface area contributed by atoms with Crippen LogP contribution in [-0.2, 0) is 7.05 Å². The van der Waals surface area contributed by atoms with E-state index in [2.05, 4.69) is 11.7 Å². The lowest BCUT2D eigenvalue weighted by molar-refractivity contribution is -0.105. The molecule has 1 rings (SSSR count). The smallest absolute Gasteiger partial charge is 0.384 e. The molecule has 0 saturated heterocycles. The predicted molar refractivity (Wildman–Crippen MR) is 43.4 cm³/mol. The summed E-state index contributed by atoms with van der Waals surface area (Å²) in [4.78, 5) is 0. The standard InChI is InChI=1S/C8H9F3N2O/c1-5(8(9,10)11)7(14)6-3-12-13(2)4-6/h3-4,7,14H,1H2,2H3. The van der Waals surface area contributed by atoms with Gasteiger partial charge >= 0.3 is 6.18 Å². The molecular formula is C8H9F3N2O. The molecule has 78 valence electrons. The Bertz CT molecular complexity index is 343. The van der Waals surface area contributed by atoms with Crippen molar-refractivity contribution in [2.24, 2.45) is 7.05 Å². The Kier molecular flexibility index (Phi) is 2.66. The Labute approximate surface area is 78.5 Å². The van der Waals surface area contributed by atoms with E-state index in [0.717, 1.165) is 0 Å². The van der Waals surface area contributed by atoms with Crippen molar-refractivity contribution in [3.8, 4) is 0 Å². The molecule has 1 unspecified atom stereocenters. The van der Waals surface area contributed by atoms with E-state index in [0.29, 0.717) is 0 Å². The van der Waals surface area contributed by atoms with Crippen LogP contribution in [0.5, 0.6) is 0 Å². The Hall–Kier alpha value is -1.30. The third-order valence-corrected chi connectivity index (χ3v) is 1.73. The molecule has 3 nitrogen and oxygen atoms in total. The summed E-state index contributed by atoms with van der Waals surface area (Å²) >= 11 is 0. The molecule has 0 fully saturated rings. The maximum Gasteiger partial charge on any atom is 0.414 e. The molecule has 0 bridgehead atoms. The Morgan fingerprint density at radius 1 is 1.64 bits per heavy atom. The van der Waals surface area contributed by atoms with Gasteiger partial charge in [0.2, 0.25) is 0 Å². The average molecular weight is 206 g/mol. The van der Waals surface area contributed by atoms with Crippen LogP contribution in [0.1, 0.15) is 11.7 Å². The number of aryl methyl sites for hydroxylation is 1. The molecule has 1 N–H and O–H groups in total. The van der Waals surface area contributed by atoms with Gasteiger partial charge in [0, 0.05) is 18.8 Å². The molecule has 6 heteroatoms. The van der Waals surface area contributed by atoms with Crippen molar-refractivity contribution >= 4 is 0 Å². The van der Waals surface area contributed by atoms with E-state index < -0.39 is 17.9 Å². The summed E-state index contributed by atoms with van der Waals surface area (Å²) in [6.07, 6.45) is -3.86. The second-order valence-corrected chi connectivity index (χ2v) is 2.87. The molecule has 14 heavy (non-hydrogen) atoms. The van der Waals surface area contributed by atoms with Crippen LogP contribution in [0.3, 0.4) is 0 Å². The lowest BCUT2D eigenvalue weighted by Crippen LogP contribution is -2.17. The Morgan fingerprint density at radius 2 is 2.21 bits per heavy atom. The van der Waals surface area contributed by atoms with E-state index in [9.17, 15) is 18.3 Å². The normalized spacial score (nSPS) is 14.1. The highest BCUT2D eigenvalue weighted by Crippen LogP contribution is 2.33. The van der Waals surface area contributed by atoms with Crippen LogP contribution in [0.4, 0.5) is 13.2 Å². The minimum absolute atomic E-state index is 0.0785. The Morgan fingerprint density at radius 3 is 2.57 bits per heavy atom. The number of nitrogens with zero attached hydrogens (tertiary/aromatic N) is 2. The van der Waals surface area contributed by atoms with Gasteiger partial charge in [0.15, 0.2) is 0 Å². The van der Waals surface area contributed by atoms with Gasteiger partial charge in [-0.25, -0.2) is 0 Å². The number of hydrogen-bond acceptors (Lipinski definition) is 2. The summed E-state index contributed by atoms with van der Waals surface area (Å²) in [5.74, 6) is 0. The van der Waals surface area contributed by atoms with Gasteiger partial charge in [-0.2, -0.15) is 18.3 Å². The molecule has 1 heterocycles. The fourth-order valence-electron chi connectivity index (χ4n) is 0.938. The van der Waals surface area contributed by atoms with Gasteiger partial charge in [0.05, 0.1) is 11.8 Å². The number of aliphatic hydroxyl groups is 1. The number of alkyl halides is 3. The minimum Gasteiger partial charge on any atom is -0.384 e. The van der Waals surface area contributed by atoms with Crippen LogP contribution >= 0.6 is 0 Å². The van der Waals surface area contributed by atoms with Crippen molar-refractivity contribution in [1.82, 2.24) is 9.78 Å². The molecule has 1 aromatic rings. The highest BCUT2D eigenvalue weighted by atomic mass is 19.4. The topological polar surface area (TPSA) is 38.1 Å². The van der Waals surface area contributed by atoms with Crippen LogP contribution in [-0.4, -0.2) is 21.1 Å². The lowest BCUT2D eigenvalue weighted by Gasteiger charge is -2.14. The maximum atomic E-state index is 12.1. The van der Waals surface area contributed by atoms with Crippen LogP contribution in [0.15, 0.2) is 24.5 Å². The van der Waals surface area contributed by atoms with Crippen molar-refractivity contribution in [3.63, 3.8) is 0 Å². The average Bonchev–Trinajstić information content (AvgIpc) is 2.47. The Balaban J connectivity index is 2.86. The molecule has 0 aliphatic carbocycles. The highest BCUT2D eigenvalue weighted by Gasteiger charge is 2.37. The first-order valence-corrected chi connectivity index (χ1v) is 3.75. The molecular weight excluding hydrogens is 197 g/mol. The lowest BCUT2D eigenvalue weighted by atomic mass is 10.1. The van der Waals surface area contributed by atoms with Crippen LogP contribution in [0.2, 0.25) is 0 Å². The van der Waals surface area contributed by atoms with Gasteiger partial charge < -0.3 is 5.11 Å². The van der Waals surface area contributed by atoms with Crippen molar-refractivity contribution in [3.05, 3.63) is 30.1 Å². The van der Waals surface area contributed by atoms with Crippen LogP contribution < -0.4 is 0 Å². The van der Waals surface area contributed by atoms with Gasteiger partial charge in [0.1, 0.15) is 6.10 Å². The molecule has 1 aromatic heterocycles. The molecule has 0 aliphatic rings. The first-order chi connectivity index (χ1) is 6.32. The third kappa shape index (κ3) is 2.14. The fraction of sp³-hybridized carbons (Fsp3) is 0.375. The van der Waals surface area contributed by atoms with Gasteiger partial charge in [-0.15, -0.1) is 0 Å². The summed E-state index contributed by atoms with van der Waals surface area (Å²) < 4.78 is 37.6. The SMILES string of the molecule is C=C(C(O)c1cnn(C)c1)C(F)(F)F. The van der Waals surface area contributed by atoms with E-state index in [1.165, 1.54) is 17.1 Å². The number of halogens is 3. The molecule has 0 radical (unpaired) electrons. The summed E-state index contributed by atoms with van der Waals surface area (Å²) in [7, 11) is 1.55. The predicted octanol–water partition coefficient (Wildman–Crippen LogP) is 1.57. The fourth-order valence-corrected chi connectivity index (χ4v) is 0.938. The van der Waals surface area contributed by atoms with Crippen molar-refractivity contribution in [1.29, 1.82) is 0 Å². The van der Waals surface area contributed by atoms with E-state index in [1.54, 1.807) is 7.05 Å². The second-order valence-electron chi connectivity index (χ2n) is 2.87. The van der Waals surface area contributed by atoms with E-state index in [-0.39, 0.29) is 5.56 Å². The largest absolute Gasteiger partial charge is 0.414 e. The van der Waals surface area contributed by atoms with Gasteiger partial charge in [0.25, 0.3) is 0 Å².